The summed E-state index contributed by atoms with van der Waals surface area (Å²) >= 11 is 0. The number of ether oxygens (including phenoxy) is 1. The second-order valence-corrected chi connectivity index (χ2v) is 2.68. The fourth-order valence-corrected chi connectivity index (χ4v) is 0.927. The topological polar surface area (TPSA) is 55.6 Å². The molecule has 0 spiro atoms. The fraction of sp³-hybridized carbons (Fsp3) is 0.222. The second kappa shape index (κ2) is 4.57. The molecule has 0 heterocycles. The molecular weight excluding hydrogens is 187 g/mol. The van der Waals surface area contributed by atoms with Gasteiger partial charge in [-0.05, 0) is 24.3 Å². The first-order valence-electron chi connectivity index (χ1n) is 3.98. The van der Waals surface area contributed by atoms with E-state index in [0.717, 1.165) is 0 Å². The van der Waals surface area contributed by atoms with Gasteiger partial charge in [-0.1, -0.05) is 0 Å². The minimum Gasteiger partial charge on any atom is -0.468 e. The molecule has 0 bridgehead atoms. The van der Waals surface area contributed by atoms with Crippen molar-refractivity contribution < 1.29 is 13.9 Å². The van der Waals surface area contributed by atoms with E-state index >= 15 is 0 Å². The summed E-state index contributed by atoms with van der Waals surface area (Å²) in [6, 6.07) is 5.51. The van der Waals surface area contributed by atoms with E-state index in [1.54, 1.807) is 0 Å². The lowest BCUT2D eigenvalue weighted by Gasteiger charge is -2.16. The minimum absolute atomic E-state index is 0.0673. The quantitative estimate of drug-likeness (QED) is 0.441. The average molecular weight is 198 g/mol. The van der Waals surface area contributed by atoms with E-state index in [1.165, 1.54) is 36.4 Å². The monoisotopic (exact) mass is 198 g/mol. The smallest absolute Gasteiger partial charge is 0.326 e. The SMILES string of the molecule is COC(=O)CN(N)c1ccc(F)cc1. The van der Waals surface area contributed by atoms with Gasteiger partial charge in [0, 0.05) is 0 Å². The summed E-state index contributed by atoms with van der Waals surface area (Å²) in [6.45, 7) is -0.0673. The Hall–Kier alpha value is -1.62. The van der Waals surface area contributed by atoms with Crippen molar-refractivity contribution in [2.24, 2.45) is 5.84 Å². The number of hydrogen-bond donors (Lipinski definition) is 1. The standard InChI is InChI=1S/C9H11FN2O2/c1-14-9(13)6-12(11)8-4-2-7(10)3-5-8/h2-5H,6,11H2,1H3. The number of carbonyl (C=O) groups is 1. The van der Waals surface area contributed by atoms with Gasteiger partial charge in [0.2, 0.25) is 0 Å². The molecule has 0 atom stereocenters. The highest BCUT2D eigenvalue weighted by Crippen LogP contribution is 2.11. The Bertz CT molecular complexity index is 313. The number of anilines is 1. The Morgan fingerprint density at radius 3 is 2.57 bits per heavy atom. The van der Waals surface area contributed by atoms with Crippen molar-refractivity contribution in [1.82, 2.24) is 0 Å². The van der Waals surface area contributed by atoms with Crippen LogP contribution in [0.3, 0.4) is 0 Å². The molecule has 1 aromatic rings. The van der Waals surface area contributed by atoms with Crippen molar-refractivity contribution in [3.8, 4) is 0 Å². The third-order valence-electron chi connectivity index (χ3n) is 1.69. The zero-order valence-corrected chi connectivity index (χ0v) is 7.74. The van der Waals surface area contributed by atoms with E-state index in [-0.39, 0.29) is 12.4 Å². The first kappa shape index (κ1) is 10.5. The van der Waals surface area contributed by atoms with Gasteiger partial charge in [0.05, 0.1) is 12.8 Å². The highest BCUT2D eigenvalue weighted by Gasteiger charge is 2.07. The first-order valence-corrected chi connectivity index (χ1v) is 3.98. The first-order chi connectivity index (χ1) is 6.63. The van der Waals surface area contributed by atoms with E-state index in [1.807, 2.05) is 0 Å². The Balaban J connectivity index is 2.65. The summed E-state index contributed by atoms with van der Waals surface area (Å²) in [4.78, 5) is 10.8. The molecule has 76 valence electrons. The molecular formula is C9H11FN2O2. The lowest BCUT2D eigenvalue weighted by Crippen LogP contribution is -2.36. The minimum atomic E-state index is -0.447. The van der Waals surface area contributed by atoms with Crippen LogP contribution in [-0.2, 0) is 9.53 Å². The number of carbonyl (C=O) groups excluding carboxylic acids is 1. The van der Waals surface area contributed by atoms with Gasteiger partial charge in [0.1, 0.15) is 12.4 Å². The number of nitrogens with two attached hydrogens (primary N) is 1. The van der Waals surface area contributed by atoms with Crippen LogP contribution in [0.1, 0.15) is 0 Å². The van der Waals surface area contributed by atoms with Crippen LogP contribution in [0.2, 0.25) is 0 Å². The van der Waals surface area contributed by atoms with Gasteiger partial charge in [-0.3, -0.25) is 9.80 Å². The Labute approximate surface area is 81.0 Å². The molecule has 4 nitrogen and oxygen atoms in total. The highest BCUT2D eigenvalue weighted by atomic mass is 19.1. The van der Waals surface area contributed by atoms with E-state index in [4.69, 9.17) is 5.84 Å². The zero-order chi connectivity index (χ0) is 10.6. The van der Waals surface area contributed by atoms with E-state index in [0.29, 0.717) is 5.69 Å². The van der Waals surface area contributed by atoms with Crippen LogP contribution in [0, 0.1) is 5.82 Å². The van der Waals surface area contributed by atoms with Crippen LogP contribution in [0.5, 0.6) is 0 Å². The summed E-state index contributed by atoms with van der Waals surface area (Å²) in [5.74, 6) is 4.74. The van der Waals surface area contributed by atoms with E-state index < -0.39 is 5.97 Å². The predicted octanol–water partition coefficient (Wildman–Crippen LogP) is 0.679. The van der Waals surface area contributed by atoms with Crippen LogP contribution >= 0.6 is 0 Å². The maximum absolute atomic E-state index is 12.5. The Kier molecular flexibility index (Phi) is 3.41. The molecule has 0 saturated heterocycles. The molecule has 5 heteroatoms. The van der Waals surface area contributed by atoms with Crippen LogP contribution in [0.25, 0.3) is 0 Å². The molecule has 0 aromatic heterocycles. The summed E-state index contributed by atoms with van der Waals surface area (Å²) < 4.78 is 17.0. The van der Waals surface area contributed by atoms with Crippen molar-refractivity contribution in [2.75, 3.05) is 18.7 Å². The largest absolute Gasteiger partial charge is 0.468 e. The number of hydrazine groups is 1. The summed E-state index contributed by atoms with van der Waals surface area (Å²) in [5.41, 5.74) is 0.553. The highest BCUT2D eigenvalue weighted by molar-refractivity contribution is 5.75. The van der Waals surface area contributed by atoms with Crippen molar-refractivity contribution >= 4 is 11.7 Å². The molecule has 0 aliphatic carbocycles. The van der Waals surface area contributed by atoms with Gasteiger partial charge in [0.25, 0.3) is 0 Å². The number of nitrogens with zero attached hydrogens (tertiary/aromatic N) is 1. The van der Waals surface area contributed by atoms with Crippen LogP contribution in [-0.4, -0.2) is 19.6 Å². The predicted molar refractivity (Wildman–Crippen MR) is 49.9 cm³/mol. The lowest BCUT2D eigenvalue weighted by atomic mass is 10.3. The van der Waals surface area contributed by atoms with Gasteiger partial charge < -0.3 is 4.74 Å². The van der Waals surface area contributed by atoms with Crippen molar-refractivity contribution in [2.45, 2.75) is 0 Å². The van der Waals surface area contributed by atoms with Gasteiger partial charge in [-0.2, -0.15) is 0 Å². The Morgan fingerprint density at radius 2 is 2.07 bits per heavy atom. The van der Waals surface area contributed by atoms with Crippen molar-refractivity contribution in [3.05, 3.63) is 30.1 Å². The Morgan fingerprint density at radius 1 is 1.50 bits per heavy atom. The molecule has 1 rings (SSSR count). The van der Waals surface area contributed by atoms with E-state index in [2.05, 4.69) is 4.74 Å². The van der Waals surface area contributed by atoms with Gasteiger partial charge in [-0.25, -0.2) is 10.2 Å². The summed E-state index contributed by atoms with van der Waals surface area (Å²) in [7, 11) is 1.28. The summed E-state index contributed by atoms with van der Waals surface area (Å²) in [5, 5.41) is 1.19. The maximum Gasteiger partial charge on any atom is 0.326 e. The second-order valence-electron chi connectivity index (χ2n) is 2.68. The van der Waals surface area contributed by atoms with Gasteiger partial charge in [0.15, 0.2) is 0 Å². The fourth-order valence-electron chi connectivity index (χ4n) is 0.927. The van der Waals surface area contributed by atoms with Gasteiger partial charge >= 0.3 is 5.97 Å². The summed E-state index contributed by atoms with van der Waals surface area (Å²) in [6.07, 6.45) is 0. The van der Waals surface area contributed by atoms with Crippen LogP contribution in [0.4, 0.5) is 10.1 Å². The number of benzene rings is 1. The third kappa shape index (κ3) is 2.70. The molecule has 0 aliphatic heterocycles. The lowest BCUT2D eigenvalue weighted by molar-refractivity contribution is -0.138. The molecule has 0 unspecified atom stereocenters. The van der Waals surface area contributed by atoms with Gasteiger partial charge in [-0.15, -0.1) is 0 Å². The molecule has 0 amide bonds. The molecule has 0 fully saturated rings. The average Bonchev–Trinajstić information content (AvgIpc) is 2.18. The zero-order valence-electron chi connectivity index (χ0n) is 7.74. The normalized spacial score (nSPS) is 9.64. The van der Waals surface area contributed by atoms with E-state index in [9.17, 15) is 9.18 Å². The van der Waals surface area contributed by atoms with Crippen molar-refractivity contribution in [1.29, 1.82) is 0 Å². The molecule has 2 N–H and O–H groups in total. The van der Waals surface area contributed by atoms with Crippen LogP contribution in [0.15, 0.2) is 24.3 Å². The number of halogens is 1. The third-order valence-corrected chi connectivity index (χ3v) is 1.69. The van der Waals surface area contributed by atoms with Crippen LogP contribution < -0.4 is 10.9 Å². The number of rotatable bonds is 3. The molecule has 14 heavy (non-hydrogen) atoms. The molecule has 0 radical (unpaired) electrons. The van der Waals surface area contributed by atoms with Crippen molar-refractivity contribution in [3.63, 3.8) is 0 Å². The number of methoxy groups -OCH3 is 1. The molecule has 0 saturated carbocycles. The molecule has 0 aliphatic rings. The molecule has 1 aromatic carbocycles. The number of esters is 1. The maximum atomic E-state index is 12.5. The number of hydrogen-bond acceptors (Lipinski definition) is 4.